The molecule has 0 atom stereocenters. The van der Waals surface area contributed by atoms with Gasteiger partial charge in [0.1, 0.15) is 17.3 Å². The minimum Gasteiger partial charge on any atom is -0.505 e. The van der Waals surface area contributed by atoms with Crippen LogP contribution in [-0.4, -0.2) is 16.2 Å². The van der Waals surface area contributed by atoms with Crippen molar-refractivity contribution < 1.29 is 14.4 Å². The maximum absolute atomic E-state index is 12.7. The summed E-state index contributed by atoms with van der Waals surface area (Å²) >= 11 is 0. The number of hydrogen-bond acceptors (Lipinski definition) is 4. The van der Waals surface area contributed by atoms with Gasteiger partial charge < -0.3 is 5.11 Å². The molecule has 0 fully saturated rings. The molecule has 5 nitrogen and oxygen atoms in total. The zero-order valence-corrected chi connectivity index (χ0v) is 9.65. The van der Waals surface area contributed by atoms with Gasteiger partial charge in [-0.1, -0.05) is 12.1 Å². The van der Waals surface area contributed by atoms with Crippen molar-refractivity contribution in [2.24, 2.45) is 4.99 Å². The molecule has 0 saturated carbocycles. The predicted molar refractivity (Wildman–Crippen MR) is 68.4 cm³/mol. The van der Waals surface area contributed by atoms with Crippen LogP contribution in [0, 0.1) is 15.9 Å². The van der Waals surface area contributed by atoms with E-state index in [2.05, 4.69) is 4.99 Å². The van der Waals surface area contributed by atoms with Gasteiger partial charge >= 0.3 is 0 Å². The first-order chi connectivity index (χ1) is 9.06. The van der Waals surface area contributed by atoms with Crippen LogP contribution in [0.4, 0.5) is 15.8 Å². The summed E-state index contributed by atoms with van der Waals surface area (Å²) in [5.41, 5.74) is 0.646. The Morgan fingerprint density at radius 2 is 1.89 bits per heavy atom. The average Bonchev–Trinajstić information content (AvgIpc) is 2.39. The molecular formula is C13H9FN2O3. The van der Waals surface area contributed by atoms with Crippen LogP contribution in [0.25, 0.3) is 0 Å². The number of non-ortho nitro benzene ring substituents is 1. The fourth-order valence-corrected chi connectivity index (χ4v) is 1.43. The van der Waals surface area contributed by atoms with E-state index >= 15 is 0 Å². The highest BCUT2D eigenvalue weighted by atomic mass is 19.1. The van der Waals surface area contributed by atoms with Crippen LogP contribution in [0.15, 0.2) is 47.5 Å². The molecule has 2 aromatic rings. The maximum Gasteiger partial charge on any atom is 0.273 e. The zero-order chi connectivity index (χ0) is 13.8. The molecule has 0 aliphatic heterocycles. The fraction of sp³-hybridized carbons (Fsp3) is 0. The summed E-state index contributed by atoms with van der Waals surface area (Å²) in [6.45, 7) is 0. The van der Waals surface area contributed by atoms with Crippen molar-refractivity contribution in [2.45, 2.75) is 0 Å². The van der Waals surface area contributed by atoms with E-state index in [1.54, 1.807) is 0 Å². The quantitative estimate of drug-likeness (QED) is 0.523. The lowest BCUT2D eigenvalue weighted by Crippen LogP contribution is -1.86. The Morgan fingerprint density at radius 1 is 1.21 bits per heavy atom. The topological polar surface area (TPSA) is 75.7 Å². The summed E-state index contributed by atoms with van der Waals surface area (Å²) in [5.74, 6) is -0.636. The van der Waals surface area contributed by atoms with Gasteiger partial charge in [-0.25, -0.2) is 4.39 Å². The smallest absolute Gasteiger partial charge is 0.273 e. The molecule has 6 heteroatoms. The van der Waals surface area contributed by atoms with Gasteiger partial charge in [-0.3, -0.25) is 15.1 Å². The Kier molecular flexibility index (Phi) is 3.51. The molecule has 0 aliphatic carbocycles. The first kappa shape index (κ1) is 12.7. The Morgan fingerprint density at radius 3 is 2.47 bits per heavy atom. The van der Waals surface area contributed by atoms with Gasteiger partial charge in [0.05, 0.1) is 11.0 Å². The second-order valence-corrected chi connectivity index (χ2v) is 3.74. The van der Waals surface area contributed by atoms with E-state index in [9.17, 15) is 19.6 Å². The second-order valence-electron chi connectivity index (χ2n) is 3.74. The van der Waals surface area contributed by atoms with E-state index < -0.39 is 4.92 Å². The molecule has 0 saturated heterocycles. The predicted octanol–water partition coefficient (Wildman–Crippen LogP) is 3.19. The van der Waals surface area contributed by atoms with E-state index in [1.165, 1.54) is 42.6 Å². The molecule has 96 valence electrons. The van der Waals surface area contributed by atoms with Crippen molar-refractivity contribution in [3.63, 3.8) is 0 Å². The number of phenols is 1. The number of hydrogen-bond donors (Lipinski definition) is 1. The lowest BCUT2D eigenvalue weighted by atomic mass is 10.2. The van der Waals surface area contributed by atoms with Crippen LogP contribution in [0.2, 0.25) is 0 Å². The van der Waals surface area contributed by atoms with Crippen molar-refractivity contribution in [3.8, 4) is 5.75 Å². The molecule has 0 amide bonds. The normalized spacial score (nSPS) is 10.8. The van der Waals surface area contributed by atoms with Gasteiger partial charge in [0.2, 0.25) is 0 Å². The van der Waals surface area contributed by atoms with Gasteiger partial charge in [0.15, 0.2) is 0 Å². The molecule has 0 aliphatic rings. The summed E-state index contributed by atoms with van der Waals surface area (Å²) in [4.78, 5) is 13.9. The minimum atomic E-state index is -0.604. The van der Waals surface area contributed by atoms with Gasteiger partial charge in [0.25, 0.3) is 5.69 Å². The molecular weight excluding hydrogens is 251 g/mol. The van der Waals surface area contributed by atoms with E-state index in [-0.39, 0.29) is 22.9 Å². The highest BCUT2D eigenvalue weighted by Gasteiger charge is 2.08. The summed E-state index contributed by atoms with van der Waals surface area (Å²) in [5, 5.41) is 20.1. The van der Waals surface area contributed by atoms with Crippen molar-refractivity contribution in [2.75, 3.05) is 0 Å². The number of rotatable bonds is 3. The van der Waals surface area contributed by atoms with Crippen LogP contribution >= 0.6 is 0 Å². The Bertz CT molecular complexity index is 639. The monoisotopic (exact) mass is 260 g/mol. The SMILES string of the molecule is O=[N+]([O-])c1ccc(N=Cc2ccc(F)cc2)c(O)c1. The fourth-order valence-electron chi connectivity index (χ4n) is 1.43. The van der Waals surface area contributed by atoms with Crippen molar-refractivity contribution >= 4 is 17.6 Å². The van der Waals surface area contributed by atoms with Gasteiger partial charge in [-0.15, -0.1) is 0 Å². The number of nitrogens with zero attached hydrogens (tertiary/aromatic N) is 2. The molecule has 0 radical (unpaired) electrons. The number of phenolic OH excluding ortho intramolecular Hbond substituents is 1. The van der Waals surface area contributed by atoms with Gasteiger partial charge in [-0.2, -0.15) is 0 Å². The number of nitro groups is 1. The molecule has 0 unspecified atom stereocenters. The Hall–Kier alpha value is -2.76. The van der Waals surface area contributed by atoms with E-state index in [0.29, 0.717) is 5.56 Å². The first-order valence-corrected chi connectivity index (χ1v) is 5.33. The third-order valence-corrected chi connectivity index (χ3v) is 2.39. The lowest BCUT2D eigenvalue weighted by molar-refractivity contribution is -0.384. The highest BCUT2D eigenvalue weighted by Crippen LogP contribution is 2.30. The minimum absolute atomic E-state index is 0.204. The molecule has 0 aromatic heterocycles. The highest BCUT2D eigenvalue weighted by molar-refractivity contribution is 5.82. The first-order valence-electron chi connectivity index (χ1n) is 5.33. The second kappa shape index (κ2) is 5.26. The number of nitro benzene ring substituents is 1. The lowest BCUT2D eigenvalue weighted by Gasteiger charge is -1.98. The largest absolute Gasteiger partial charge is 0.505 e. The van der Waals surface area contributed by atoms with Crippen LogP contribution in [0.5, 0.6) is 5.75 Å². The van der Waals surface area contributed by atoms with Gasteiger partial charge in [0, 0.05) is 12.3 Å². The van der Waals surface area contributed by atoms with E-state index in [0.717, 1.165) is 6.07 Å². The van der Waals surface area contributed by atoms with E-state index in [4.69, 9.17) is 0 Å². The van der Waals surface area contributed by atoms with Crippen molar-refractivity contribution in [1.29, 1.82) is 0 Å². The molecule has 2 rings (SSSR count). The number of aromatic hydroxyl groups is 1. The van der Waals surface area contributed by atoms with E-state index in [1.807, 2.05) is 0 Å². The standard InChI is InChI=1S/C13H9FN2O3/c14-10-3-1-9(2-4-10)8-15-12-6-5-11(16(18)19)7-13(12)17/h1-8,17H. The van der Waals surface area contributed by atoms with Crippen molar-refractivity contribution in [3.05, 3.63) is 64.0 Å². The van der Waals surface area contributed by atoms with Crippen LogP contribution in [-0.2, 0) is 0 Å². The molecule has 19 heavy (non-hydrogen) atoms. The average molecular weight is 260 g/mol. The molecule has 2 aromatic carbocycles. The molecule has 0 heterocycles. The number of aliphatic imine (C=N–C) groups is 1. The summed E-state index contributed by atoms with van der Waals surface area (Å²) in [7, 11) is 0. The van der Waals surface area contributed by atoms with Crippen LogP contribution in [0.1, 0.15) is 5.56 Å². The number of halogens is 1. The Balaban J connectivity index is 2.23. The number of benzene rings is 2. The summed E-state index contributed by atoms with van der Waals surface area (Å²) < 4.78 is 12.7. The maximum atomic E-state index is 12.7. The Labute approximate surface area is 107 Å². The third-order valence-electron chi connectivity index (χ3n) is 2.39. The molecule has 0 bridgehead atoms. The van der Waals surface area contributed by atoms with Crippen LogP contribution < -0.4 is 0 Å². The van der Waals surface area contributed by atoms with Crippen LogP contribution in [0.3, 0.4) is 0 Å². The molecule has 1 N–H and O–H groups in total. The summed E-state index contributed by atoms with van der Waals surface area (Å²) in [6.07, 6.45) is 1.43. The third kappa shape index (κ3) is 3.12. The zero-order valence-electron chi connectivity index (χ0n) is 9.65. The molecule has 0 spiro atoms. The van der Waals surface area contributed by atoms with Crippen molar-refractivity contribution in [1.82, 2.24) is 0 Å². The van der Waals surface area contributed by atoms with Gasteiger partial charge in [-0.05, 0) is 23.8 Å². The summed E-state index contributed by atoms with van der Waals surface area (Å²) in [6, 6.07) is 9.25.